The summed E-state index contributed by atoms with van der Waals surface area (Å²) in [7, 11) is 5.69. The molecule has 1 rings (SSSR count). The predicted octanol–water partition coefficient (Wildman–Crippen LogP) is 0.399. The van der Waals surface area contributed by atoms with E-state index in [4.69, 9.17) is 0 Å². The summed E-state index contributed by atoms with van der Waals surface area (Å²) in [6.07, 6.45) is 3.86. The van der Waals surface area contributed by atoms with Gasteiger partial charge in [0.1, 0.15) is 5.56 Å². The van der Waals surface area contributed by atoms with Crippen molar-refractivity contribution >= 4 is 5.91 Å². The van der Waals surface area contributed by atoms with Gasteiger partial charge in [-0.2, -0.15) is 0 Å². The van der Waals surface area contributed by atoms with E-state index in [0.29, 0.717) is 6.54 Å². The van der Waals surface area contributed by atoms with Crippen molar-refractivity contribution in [1.82, 2.24) is 14.8 Å². The zero-order chi connectivity index (χ0) is 12.8. The summed E-state index contributed by atoms with van der Waals surface area (Å²) < 4.78 is 0. The van der Waals surface area contributed by atoms with Crippen LogP contribution in [0.25, 0.3) is 0 Å². The minimum Gasteiger partial charge on any atom is -0.367 e. The van der Waals surface area contributed by atoms with E-state index in [-0.39, 0.29) is 16.9 Å². The van der Waals surface area contributed by atoms with Gasteiger partial charge >= 0.3 is 0 Å². The van der Waals surface area contributed by atoms with Crippen molar-refractivity contribution in [3.63, 3.8) is 0 Å². The number of pyridine rings is 1. The van der Waals surface area contributed by atoms with Gasteiger partial charge < -0.3 is 14.8 Å². The molecule has 0 radical (unpaired) electrons. The van der Waals surface area contributed by atoms with Crippen molar-refractivity contribution in [2.75, 3.05) is 34.2 Å². The van der Waals surface area contributed by atoms with E-state index < -0.39 is 0 Å². The number of aromatic nitrogens is 1. The molecule has 0 bridgehead atoms. The normalized spacial score (nSPS) is 10.6. The summed E-state index contributed by atoms with van der Waals surface area (Å²) in [5.74, 6) is -0.231. The lowest BCUT2D eigenvalue weighted by atomic mass is 10.2. The van der Waals surface area contributed by atoms with Gasteiger partial charge in [-0.1, -0.05) is 0 Å². The molecule has 0 aliphatic heterocycles. The fraction of sp³-hybridized carbons (Fsp3) is 0.500. The zero-order valence-corrected chi connectivity index (χ0v) is 10.6. The SMILES string of the molecule is CN(C)CCCN(C)C(=O)c1c[nH]ccc1=O. The third kappa shape index (κ3) is 4.03. The molecule has 0 saturated carbocycles. The topological polar surface area (TPSA) is 56.4 Å². The first-order chi connectivity index (χ1) is 8.02. The van der Waals surface area contributed by atoms with E-state index in [9.17, 15) is 9.59 Å². The maximum Gasteiger partial charge on any atom is 0.259 e. The molecule has 1 heterocycles. The van der Waals surface area contributed by atoms with Crippen molar-refractivity contribution in [2.45, 2.75) is 6.42 Å². The van der Waals surface area contributed by atoms with Crippen LogP contribution in [0.2, 0.25) is 0 Å². The fourth-order valence-corrected chi connectivity index (χ4v) is 1.51. The lowest BCUT2D eigenvalue weighted by molar-refractivity contribution is 0.0789. The highest BCUT2D eigenvalue weighted by Gasteiger charge is 2.14. The number of H-pyrrole nitrogens is 1. The highest BCUT2D eigenvalue weighted by Crippen LogP contribution is 1.97. The second-order valence-corrected chi connectivity index (χ2v) is 4.31. The van der Waals surface area contributed by atoms with Crippen LogP contribution in [0.1, 0.15) is 16.8 Å². The Morgan fingerprint density at radius 1 is 1.29 bits per heavy atom. The highest BCUT2D eigenvalue weighted by atomic mass is 16.2. The second-order valence-electron chi connectivity index (χ2n) is 4.31. The summed E-state index contributed by atoms with van der Waals surface area (Å²) in [6, 6.07) is 1.36. The Kier molecular flexibility index (Phi) is 4.90. The van der Waals surface area contributed by atoms with E-state index in [1.165, 1.54) is 18.5 Å². The Bertz CT molecular complexity index is 426. The van der Waals surface area contributed by atoms with Crippen molar-refractivity contribution in [2.24, 2.45) is 0 Å². The van der Waals surface area contributed by atoms with Crippen LogP contribution in [0.4, 0.5) is 0 Å². The van der Waals surface area contributed by atoms with Gasteiger partial charge in [0.25, 0.3) is 5.91 Å². The Morgan fingerprint density at radius 3 is 2.59 bits per heavy atom. The lowest BCUT2D eigenvalue weighted by Gasteiger charge is -2.18. The quantitative estimate of drug-likeness (QED) is 0.806. The van der Waals surface area contributed by atoms with Gasteiger partial charge in [-0.25, -0.2) is 0 Å². The molecule has 0 aliphatic rings. The van der Waals surface area contributed by atoms with Crippen LogP contribution in [0.5, 0.6) is 0 Å². The molecule has 1 amide bonds. The van der Waals surface area contributed by atoms with Gasteiger partial charge in [0, 0.05) is 32.1 Å². The number of hydrogen-bond acceptors (Lipinski definition) is 3. The summed E-state index contributed by atoms with van der Waals surface area (Å²) in [5, 5.41) is 0. The maximum absolute atomic E-state index is 11.9. The minimum atomic E-state index is -0.242. The van der Waals surface area contributed by atoms with Crippen LogP contribution >= 0.6 is 0 Å². The van der Waals surface area contributed by atoms with Crippen molar-refractivity contribution in [1.29, 1.82) is 0 Å². The largest absolute Gasteiger partial charge is 0.367 e. The molecule has 17 heavy (non-hydrogen) atoms. The van der Waals surface area contributed by atoms with Crippen LogP contribution in [0.3, 0.4) is 0 Å². The molecule has 1 N–H and O–H groups in total. The first kappa shape index (κ1) is 13.4. The maximum atomic E-state index is 11.9. The Labute approximate surface area is 101 Å². The van der Waals surface area contributed by atoms with Gasteiger partial charge in [0.2, 0.25) is 0 Å². The van der Waals surface area contributed by atoms with E-state index in [1.807, 2.05) is 14.1 Å². The number of carbonyl (C=O) groups is 1. The summed E-state index contributed by atoms with van der Waals surface area (Å²) in [4.78, 5) is 29.8. The van der Waals surface area contributed by atoms with Crippen LogP contribution in [0, 0.1) is 0 Å². The molecule has 94 valence electrons. The van der Waals surface area contributed by atoms with Gasteiger partial charge in [0.15, 0.2) is 5.43 Å². The average Bonchev–Trinajstić information content (AvgIpc) is 2.28. The third-order valence-electron chi connectivity index (χ3n) is 2.50. The lowest BCUT2D eigenvalue weighted by Crippen LogP contribution is -2.32. The van der Waals surface area contributed by atoms with Crippen LogP contribution < -0.4 is 5.43 Å². The molecule has 1 aromatic heterocycles. The second kappa shape index (κ2) is 6.20. The van der Waals surface area contributed by atoms with Crippen molar-refractivity contribution < 1.29 is 4.79 Å². The summed E-state index contributed by atoms with van der Waals surface area (Å²) in [6.45, 7) is 1.56. The van der Waals surface area contributed by atoms with E-state index in [2.05, 4.69) is 9.88 Å². The molecule has 0 saturated heterocycles. The molecule has 5 heteroatoms. The number of hydrogen-bond donors (Lipinski definition) is 1. The smallest absolute Gasteiger partial charge is 0.259 e. The van der Waals surface area contributed by atoms with Gasteiger partial charge in [-0.05, 0) is 27.1 Å². The van der Waals surface area contributed by atoms with E-state index >= 15 is 0 Å². The molecule has 5 nitrogen and oxygen atoms in total. The first-order valence-corrected chi connectivity index (χ1v) is 5.59. The molecular weight excluding hydrogens is 218 g/mol. The van der Waals surface area contributed by atoms with E-state index in [1.54, 1.807) is 11.9 Å². The number of nitrogens with one attached hydrogen (secondary N) is 1. The number of amides is 1. The number of nitrogens with zero attached hydrogens (tertiary/aromatic N) is 2. The summed E-state index contributed by atoms with van der Waals surface area (Å²) in [5.41, 5.74) is -0.0481. The van der Waals surface area contributed by atoms with Gasteiger partial charge in [0.05, 0.1) is 0 Å². The van der Waals surface area contributed by atoms with Gasteiger partial charge in [-0.15, -0.1) is 0 Å². The Morgan fingerprint density at radius 2 is 2.00 bits per heavy atom. The molecule has 0 aliphatic carbocycles. The van der Waals surface area contributed by atoms with Crippen LogP contribution in [-0.2, 0) is 0 Å². The monoisotopic (exact) mass is 237 g/mol. The molecule has 0 atom stereocenters. The van der Waals surface area contributed by atoms with Gasteiger partial charge in [-0.3, -0.25) is 9.59 Å². The zero-order valence-electron chi connectivity index (χ0n) is 10.6. The molecule has 1 aromatic rings. The minimum absolute atomic E-state index is 0.194. The standard InChI is InChI=1S/C12H19N3O2/c1-14(2)7-4-8-15(3)12(17)10-9-13-6-5-11(10)16/h5-6,9H,4,7-8H2,1-3H3,(H,13,16). The first-order valence-electron chi connectivity index (χ1n) is 5.59. The van der Waals surface area contributed by atoms with Crippen molar-refractivity contribution in [3.8, 4) is 0 Å². The fourth-order valence-electron chi connectivity index (χ4n) is 1.51. The predicted molar refractivity (Wildman–Crippen MR) is 67.2 cm³/mol. The molecule has 0 spiro atoms. The molecule has 0 unspecified atom stereocenters. The molecule has 0 fully saturated rings. The Hall–Kier alpha value is -1.62. The number of aromatic amines is 1. The highest BCUT2D eigenvalue weighted by molar-refractivity contribution is 5.93. The van der Waals surface area contributed by atoms with E-state index in [0.717, 1.165) is 13.0 Å². The Balaban J connectivity index is 2.58. The van der Waals surface area contributed by atoms with Crippen LogP contribution in [0.15, 0.2) is 23.3 Å². The number of carbonyl (C=O) groups excluding carboxylic acids is 1. The van der Waals surface area contributed by atoms with Crippen molar-refractivity contribution in [3.05, 3.63) is 34.2 Å². The molecular formula is C12H19N3O2. The molecule has 0 aromatic carbocycles. The van der Waals surface area contributed by atoms with Crippen LogP contribution in [-0.4, -0.2) is 54.9 Å². The third-order valence-corrected chi connectivity index (χ3v) is 2.50. The summed E-state index contributed by atoms with van der Waals surface area (Å²) >= 11 is 0. The average molecular weight is 237 g/mol. The number of rotatable bonds is 5.